The molecule has 0 bridgehead atoms. The summed E-state index contributed by atoms with van der Waals surface area (Å²) in [5.74, 6) is 0.472. The average Bonchev–Trinajstić information content (AvgIpc) is 3.02. The van der Waals surface area contributed by atoms with Crippen LogP contribution >= 0.6 is 11.3 Å². The number of amides is 1. The van der Waals surface area contributed by atoms with Crippen molar-refractivity contribution < 1.29 is 4.79 Å². The molecule has 2 aromatic heterocycles. The van der Waals surface area contributed by atoms with E-state index in [1.807, 2.05) is 34.8 Å². The predicted octanol–water partition coefficient (Wildman–Crippen LogP) is 2.56. The van der Waals surface area contributed by atoms with Crippen molar-refractivity contribution in [1.29, 1.82) is 0 Å². The monoisotopic (exact) mass is 273 g/mol. The smallest absolute Gasteiger partial charge is 0.273 e. The van der Waals surface area contributed by atoms with Crippen LogP contribution in [0.5, 0.6) is 0 Å². The second-order valence-electron chi connectivity index (χ2n) is 4.74. The zero-order valence-electron chi connectivity index (χ0n) is 10.5. The number of hydrogen-bond acceptors (Lipinski definition) is 4. The maximum absolute atomic E-state index is 12.3. The van der Waals surface area contributed by atoms with E-state index < -0.39 is 0 Å². The molecule has 1 aliphatic heterocycles. The fraction of sp³-hybridized carbons (Fsp3) is 0.357. The molecule has 19 heavy (non-hydrogen) atoms. The van der Waals surface area contributed by atoms with Gasteiger partial charge in [0, 0.05) is 36.8 Å². The highest BCUT2D eigenvalue weighted by atomic mass is 32.1. The van der Waals surface area contributed by atoms with Gasteiger partial charge >= 0.3 is 0 Å². The topological polar surface area (TPSA) is 46.1 Å². The van der Waals surface area contributed by atoms with Gasteiger partial charge in [-0.2, -0.15) is 0 Å². The third kappa shape index (κ3) is 2.66. The highest BCUT2D eigenvalue weighted by Gasteiger charge is 2.26. The summed E-state index contributed by atoms with van der Waals surface area (Å²) < 4.78 is 0. The van der Waals surface area contributed by atoms with Crippen molar-refractivity contribution in [2.24, 2.45) is 0 Å². The van der Waals surface area contributed by atoms with Crippen LogP contribution in [0.25, 0.3) is 0 Å². The third-order valence-electron chi connectivity index (χ3n) is 3.54. The maximum Gasteiger partial charge on any atom is 0.273 e. The first-order valence-electron chi connectivity index (χ1n) is 6.42. The molecule has 3 heterocycles. The Hall–Kier alpha value is -1.75. The first kappa shape index (κ1) is 12.3. The Bertz CT molecular complexity index is 541. The van der Waals surface area contributed by atoms with Crippen molar-refractivity contribution in [3.8, 4) is 0 Å². The van der Waals surface area contributed by atoms with E-state index in [-0.39, 0.29) is 5.91 Å². The molecule has 1 amide bonds. The summed E-state index contributed by atoms with van der Waals surface area (Å²) in [5, 5.41) is 1.82. The van der Waals surface area contributed by atoms with Gasteiger partial charge in [-0.3, -0.25) is 9.78 Å². The zero-order valence-corrected chi connectivity index (χ0v) is 11.3. The Balaban J connectivity index is 1.73. The SMILES string of the molecule is O=C(c1cscn1)N1CCC[C@@H](c2ccncc2)C1. The van der Waals surface area contributed by atoms with Crippen molar-refractivity contribution in [3.05, 3.63) is 46.7 Å². The van der Waals surface area contributed by atoms with E-state index in [2.05, 4.69) is 9.97 Å². The van der Waals surface area contributed by atoms with E-state index >= 15 is 0 Å². The number of piperidine rings is 1. The van der Waals surface area contributed by atoms with Gasteiger partial charge in [0.15, 0.2) is 0 Å². The molecule has 1 aliphatic rings. The van der Waals surface area contributed by atoms with Crippen LogP contribution in [-0.4, -0.2) is 33.9 Å². The zero-order chi connectivity index (χ0) is 13.1. The summed E-state index contributed by atoms with van der Waals surface area (Å²) >= 11 is 1.46. The number of likely N-dealkylation sites (tertiary alicyclic amines) is 1. The van der Waals surface area contributed by atoms with E-state index in [0.29, 0.717) is 11.6 Å². The predicted molar refractivity (Wildman–Crippen MR) is 74.2 cm³/mol. The quantitative estimate of drug-likeness (QED) is 0.844. The molecule has 0 aromatic carbocycles. The van der Waals surface area contributed by atoms with E-state index in [1.165, 1.54) is 16.9 Å². The third-order valence-corrected chi connectivity index (χ3v) is 4.12. The molecule has 4 nitrogen and oxygen atoms in total. The normalized spacial score (nSPS) is 19.4. The Kier molecular flexibility index (Phi) is 3.55. The second kappa shape index (κ2) is 5.48. The van der Waals surface area contributed by atoms with Crippen molar-refractivity contribution in [2.75, 3.05) is 13.1 Å². The van der Waals surface area contributed by atoms with Crippen molar-refractivity contribution >= 4 is 17.2 Å². The molecule has 1 saturated heterocycles. The summed E-state index contributed by atoms with van der Waals surface area (Å²) in [6, 6.07) is 4.09. The highest BCUT2D eigenvalue weighted by Crippen LogP contribution is 2.27. The van der Waals surface area contributed by atoms with Gasteiger partial charge < -0.3 is 4.90 Å². The number of rotatable bonds is 2. The minimum atomic E-state index is 0.0556. The Labute approximate surface area is 116 Å². The average molecular weight is 273 g/mol. The van der Waals surface area contributed by atoms with Crippen molar-refractivity contribution in [3.63, 3.8) is 0 Å². The Morgan fingerprint density at radius 3 is 2.95 bits per heavy atom. The van der Waals surface area contributed by atoms with Crippen LogP contribution in [0.2, 0.25) is 0 Å². The summed E-state index contributed by atoms with van der Waals surface area (Å²) in [4.78, 5) is 22.4. The molecule has 0 N–H and O–H groups in total. The standard InChI is InChI=1S/C14H15N3OS/c18-14(13-9-19-10-16-13)17-7-1-2-12(8-17)11-3-5-15-6-4-11/h3-6,9-10,12H,1-2,7-8H2/t12-/m1/s1. The summed E-state index contributed by atoms with van der Waals surface area (Å²) in [7, 11) is 0. The molecule has 3 rings (SSSR count). The lowest BCUT2D eigenvalue weighted by molar-refractivity contribution is 0.0702. The number of carbonyl (C=O) groups excluding carboxylic acids is 1. The van der Waals surface area contributed by atoms with Gasteiger partial charge in [0.1, 0.15) is 5.69 Å². The number of nitrogens with zero attached hydrogens (tertiary/aromatic N) is 3. The van der Waals surface area contributed by atoms with E-state index in [1.54, 1.807) is 5.51 Å². The highest BCUT2D eigenvalue weighted by molar-refractivity contribution is 7.07. The first-order chi connectivity index (χ1) is 9.34. The lowest BCUT2D eigenvalue weighted by atomic mass is 9.91. The number of thiazole rings is 1. The van der Waals surface area contributed by atoms with Gasteiger partial charge in [-0.1, -0.05) is 0 Å². The largest absolute Gasteiger partial charge is 0.337 e. The summed E-state index contributed by atoms with van der Waals surface area (Å²) in [5.41, 5.74) is 3.54. The number of pyridine rings is 1. The van der Waals surface area contributed by atoms with E-state index in [9.17, 15) is 4.79 Å². The second-order valence-corrected chi connectivity index (χ2v) is 5.46. The molecule has 0 radical (unpaired) electrons. The van der Waals surface area contributed by atoms with Gasteiger partial charge in [0.05, 0.1) is 5.51 Å². The molecular weight excluding hydrogens is 258 g/mol. The van der Waals surface area contributed by atoms with Gasteiger partial charge in [0.25, 0.3) is 5.91 Å². The molecule has 0 spiro atoms. The fourth-order valence-corrected chi connectivity index (χ4v) is 3.08. The van der Waals surface area contributed by atoms with Gasteiger partial charge in [0.2, 0.25) is 0 Å². The lowest BCUT2D eigenvalue weighted by Crippen LogP contribution is -2.39. The molecule has 98 valence electrons. The minimum Gasteiger partial charge on any atom is -0.337 e. The van der Waals surface area contributed by atoms with Crippen LogP contribution in [0.15, 0.2) is 35.4 Å². The molecule has 1 fully saturated rings. The van der Waals surface area contributed by atoms with Gasteiger partial charge in [-0.05, 0) is 30.5 Å². The first-order valence-corrected chi connectivity index (χ1v) is 7.36. The van der Waals surface area contributed by atoms with Gasteiger partial charge in [-0.15, -0.1) is 11.3 Å². The van der Waals surface area contributed by atoms with Gasteiger partial charge in [-0.25, -0.2) is 4.98 Å². The fourth-order valence-electron chi connectivity index (χ4n) is 2.55. The van der Waals surface area contributed by atoms with Crippen molar-refractivity contribution in [1.82, 2.24) is 14.9 Å². The molecule has 0 saturated carbocycles. The molecular formula is C14H15N3OS. The van der Waals surface area contributed by atoms with Crippen LogP contribution in [0.1, 0.15) is 34.8 Å². The van der Waals surface area contributed by atoms with Crippen LogP contribution in [-0.2, 0) is 0 Å². The van der Waals surface area contributed by atoms with E-state index in [0.717, 1.165) is 25.9 Å². The van der Waals surface area contributed by atoms with Crippen molar-refractivity contribution in [2.45, 2.75) is 18.8 Å². The molecule has 1 atom stereocenters. The summed E-state index contributed by atoms with van der Waals surface area (Å²) in [6.45, 7) is 1.61. The van der Waals surface area contributed by atoms with E-state index in [4.69, 9.17) is 0 Å². The molecule has 5 heteroatoms. The maximum atomic E-state index is 12.3. The molecule has 2 aromatic rings. The number of aromatic nitrogens is 2. The van der Waals surface area contributed by atoms with Crippen LogP contribution in [0, 0.1) is 0 Å². The van der Waals surface area contributed by atoms with Crippen LogP contribution < -0.4 is 0 Å². The Morgan fingerprint density at radius 2 is 2.21 bits per heavy atom. The van der Waals surface area contributed by atoms with Crippen LogP contribution in [0.4, 0.5) is 0 Å². The lowest BCUT2D eigenvalue weighted by Gasteiger charge is -2.32. The Morgan fingerprint density at radius 1 is 1.37 bits per heavy atom. The number of hydrogen-bond donors (Lipinski definition) is 0. The van der Waals surface area contributed by atoms with Crippen LogP contribution in [0.3, 0.4) is 0 Å². The molecule has 0 aliphatic carbocycles. The summed E-state index contributed by atoms with van der Waals surface area (Å²) in [6.07, 6.45) is 5.81. The molecule has 0 unspecified atom stereocenters. The number of carbonyl (C=O) groups is 1. The minimum absolute atomic E-state index is 0.0556.